The number of hydrogen-bond acceptors (Lipinski definition) is 1. The molecule has 0 aliphatic carbocycles. The Kier molecular flexibility index (Phi) is 3.81. The molecular weight excluding hydrogens is 273 g/mol. The van der Waals surface area contributed by atoms with Crippen LogP contribution in [0, 0.1) is 0 Å². The van der Waals surface area contributed by atoms with E-state index in [1.165, 1.54) is 10.8 Å². The summed E-state index contributed by atoms with van der Waals surface area (Å²) in [6.07, 6.45) is -1.14. The molecule has 1 aromatic rings. The van der Waals surface area contributed by atoms with Crippen molar-refractivity contribution in [2.24, 2.45) is 0 Å². The molecule has 0 aliphatic heterocycles. The zero-order chi connectivity index (χ0) is 11.6. The normalized spacial score (nSPS) is 14.6. The monoisotopic (exact) mass is 284 g/mol. The van der Waals surface area contributed by atoms with Gasteiger partial charge in [-0.1, -0.05) is 29.8 Å². The molecule has 1 rings (SSSR count). The van der Waals surface area contributed by atoms with E-state index in [-0.39, 0.29) is 12.5 Å². The predicted molar refractivity (Wildman–Crippen MR) is 55.1 cm³/mol. The van der Waals surface area contributed by atoms with Gasteiger partial charge < -0.3 is 4.57 Å². The fourth-order valence-electron chi connectivity index (χ4n) is 1.25. The first kappa shape index (κ1) is 12.5. The highest BCUT2D eigenvalue weighted by molar-refractivity contribution is 9.09. The van der Waals surface area contributed by atoms with Gasteiger partial charge in [0.25, 0.3) is 0 Å². The van der Waals surface area contributed by atoms with Crippen LogP contribution in [-0.4, -0.2) is 20.6 Å². The summed E-state index contributed by atoms with van der Waals surface area (Å²) >= 11 is 2.63. The number of nitrogens with zero attached hydrogens (tertiary/aromatic N) is 2. The molecule has 0 aromatic carbocycles. The minimum atomic E-state index is -4.22. The van der Waals surface area contributed by atoms with Crippen LogP contribution >= 0.6 is 15.9 Å². The summed E-state index contributed by atoms with van der Waals surface area (Å²) in [4.78, 5) is 2.49. The molecule has 0 spiro atoms. The van der Waals surface area contributed by atoms with Crippen LogP contribution < -0.4 is 0 Å². The molecule has 0 saturated heterocycles. The van der Waals surface area contributed by atoms with Crippen molar-refractivity contribution in [1.82, 2.24) is 9.55 Å². The molecular formula is C9H12BrF3N2. The average molecular weight is 285 g/mol. The number of aromatic nitrogens is 2. The highest BCUT2D eigenvalue weighted by Gasteiger charge is 2.38. The van der Waals surface area contributed by atoms with Crippen molar-refractivity contribution in [3.8, 4) is 0 Å². The van der Waals surface area contributed by atoms with E-state index in [0.29, 0.717) is 5.82 Å². The maximum Gasteiger partial charge on any atom is 0.402 e. The maximum atomic E-state index is 12.3. The minimum Gasteiger partial charge on any atom is -0.333 e. The second-order valence-electron chi connectivity index (χ2n) is 3.60. The predicted octanol–water partition coefficient (Wildman–Crippen LogP) is 3.33. The summed E-state index contributed by atoms with van der Waals surface area (Å²) in [6, 6.07) is 0. The summed E-state index contributed by atoms with van der Waals surface area (Å²) in [5, 5.41) is 0. The third kappa shape index (κ3) is 3.22. The molecule has 6 heteroatoms. The summed E-state index contributed by atoms with van der Waals surface area (Å²) in [7, 11) is 0. The number of alkyl halides is 4. The van der Waals surface area contributed by atoms with E-state index in [1.54, 1.807) is 6.20 Å². The molecule has 0 saturated carbocycles. The van der Waals surface area contributed by atoms with Crippen LogP contribution in [0.25, 0.3) is 0 Å². The smallest absolute Gasteiger partial charge is 0.333 e. The largest absolute Gasteiger partial charge is 0.402 e. The molecule has 0 N–H and O–H groups in total. The van der Waals surface area contributed by atoms with Crippen molar-refractivity contribution in [1.29, 1.82) is 0 Å². The summed E-state index contributed by atoms with van der Waals surface area (Å²) in [6.45, 7) is 3.66. The standard InChI is InChI=1S/C9H12BrF3N2/c1-6(2)8-14-3-4-15(8)5-7(10)9(11,12)13/h3-4,6-7H,5H2,1-2H3. The first-order valence-corrected chi connectivity index (χ1v) is 5.45. The molecule has 0 amide bonds. The van der Waals surface area contributed by atoms with E-state index in [4.69, 9.17) is 0 Å². The lowest BCUT2D eigenvalue weighted by atomic mass is 10.2. The maximum absolute atomic E-state index is 12.3. The second kappa shape index (κ2) is 4.55. The van der Waals surface area contributed by atoms with Gasteiger partial charge in [-0.3, -0.25) is 0 Å². The van der Waals surface area contributed by atoms with Crippen LogP contribution in [0.5, 0.6) is 0 Å². The van der Waals surface area contributed by atoms with E-state index < -0.39 is 11.0 Å². The second-order valence-corrected chi connectivity index (χ2v) is 4.71. The molecule has 0 radical (unpaired) electrons. The number of rotatable bonds is 3. The van der Waals surface area contributed by atoms with Crippen molar-refractivity contribution in [2.45, 2.75) is 37.3 Å². The molecule has 2 nitrogen and oxygen atoms in total. The summed E-state index contributed by atoms with van der Waals surface area (Å²) in [5.41, 5.74) is 0. The van der Waals surface area contributed by atoms with Gasteiger partial charge in [-0.25, -0.2) is 4.98 Å². The first-order valence-electron chi connectivity index (χ1n) is 4.54. The van der Waals surface area contributed by atoms with Gasteiger partial charge in [0.2, 0.25) is 0 Å². The summed E-state index contributed by atoms with van der Waals surface area (Å²) in [5.74, 6) is 0.789. The van der Waals surface area contributed by atoms with Crippen molar-refractivity contribution in [3.05, 3.63) is 18.2 Å². The number of halogens is 4. The van der Waals surface area contributed by atoms with E-state index in [0.717, 1.165) is 0 Å². The number of hydrogen-bond donors (Lipinski definition) is 0. The van der Waals surface area contributed by atoms with Crippen LogP contribution in [0.4, 0.5) is 13.2 Å². The fraction of sp³-hybridized carbons (Fsp3) is 0.667. The van der Waals surface area contributed by atoms with Gasteiger partial charge in [-0.05, 0) is 0 Å². The Hall–Kier alpha value is -0.520. The Morgan fingerprint density at radius 2 is 2.07 bits per heavy atom. The first-order chi connectivity index (χ1) is 6.82. The Morgan fingerprint density at radius 3 is 2.53 bits per heavy atom. The topological polar surface area (TPSA) is 17.8 Å². The van der Waals surface area contributed by atoms with Crippen molar-refractivity contribution >= 4 is 15.9 Å². The Morgan fingerprint density at radius 1 is 1.47 bits per heavy atom. The van der Waals surface area contributed by atoms with Gasteiger partial charge in [0, 0.05) is 24.9 Å². The van der Waals surface area contributed by atoms with Gasteiger partial charge in [-0.2, -0.15) is 13.2 Å². The quantitative estimate of drug-likeness (QED) is 0.779. The lowest BCUT2D eigenvalue weighted by molar-refractivity contribution is -0.129. The average Bonchev–Trinajstić information content (AvgIpc) is 2.50. The third-order valence-electron chi connectivity index (χ3n) is 1.98. The zero-order valence-corrected chi connectivity index (χ0v) is 10.0. The van der Waals surface area contributed by atoms with Crippen LogP contribution in [0.1, 0.15) is 25.6 Å². The van der Waals surface area contributed by atoms with Crippen molar-refractivity contribution < 1.29 is 13.2 Å². The minimum absolute atomic E-state index is 0.118. The molecule has 1 heterocycles. The van der Waals surface area contributed by atoms with E-state index in [1.807, 2.05) is 13.8 Å². The Labute approximate surface area is 94.6 Å². The molecule has 1 unspecified atom stereocenters. The lowest BCUT2D eigenvalue weighted by Gasteiger charge is -2.17. The molecule has 1 atom stereocenters. The van der Waals surface area contributed by atoms with Crippen molar-refractivity contribution in [3.63, 3.8) is 0 Å². The molecule has 15 heavy (non-hydrogen) atoms. The van der Waals surface area contributed by atoms with Crippen LogP contribution in [-0.2, 0) is 6.54 Å². The van der Waals surface area contributed by atoms with Crippen LogP contribution in [0.3, 0.4) is 0 Å². The molecule has 0 bridgehead atoms. The molecule has 1 aromatic heterocycles. The van der Waals surface area contributed by atoms with E-state index in [2.05, 4.69) is 20.9 Å². The fourth-order valence-corrected chi connectivity index (χ4v) is 1.56. The molecule has 0 fully saturated rings. The Balaban J connectivity index is 2.77. The summed E-state index contributed by atoms with van der Waals surface area (Å²) < 4.78 is 38.4. The SMILES string of the molecule is CC(C)c1nccn1CC(Br)C(F)(F)F. The van der Waals surface area contributed by atoms with E-state index in [9.17, 15) is 13.2 Å². The van der Waals surface area contributed by atoms with E-state index >= 15 is 0 Å². The van der Waals surface area contributed by atoms with Gasteiger partial charge in [-0.15, -0.1) is 0 Å². The highest BCUT2D eigenvalue weighted by atomic mass is 79.9. The van der Waals surface area contributed by atoms with Crippen LogP contribution in [0.15, 0.2) is 12.4 Å². The zero-order valence-electron chi connectivity index (χ0n) is 8.42. The van der Waals surface area contributed by atoms with Gasteiger partial charge >= 0.3 is 6.18 Å². The van der Waals surface area contributed by atoms with Crippen LogP contribution in [0.2, 0.25) is 0 Å². The molecule has 0 aliphatic rings. The van der Waals surface area contributed by atoms with Gasteiger partial charge in [0.05, 0.1) is 0 Å². The van der Waals surface area contributed by atoms with Gasteiger partial charge in [0.1, 0.15) is 10.7 Å². The third-order valence-corrected chi connectivity index (χ3v) is 2.78. The van der Waals surface area contributed by atoms with Gasteiger partial charge in [0.15, 0.2) is 0 Å². The Bertz CT molecular complexity index is 319. The number of imidazole rings is 1. The molecule has 86 valence electrons. The lowest BCUT2D eigenvalue weighted by Crippen LogP contribution is -2.28. The highest BCUT2D eigenvalue weighted by Crippen LogP contribution is 2.28. The van der Waals surface area contributed by atoms with Crippen molar-refractivity contribution in [2.75, 3.05) is 0 Å².